The molecule has 122 valence electrons. The van der Waals surface area contributed by atoms with Gasteiger partial charge in [-0.25, -0.2) is 0 Å². The Labute approximate surface area is 133 Å². The lowest BCUT2D eigenvalue weighted by Crippen LogP contribution is -2.10. The van der Waals surface area contributed by atoms with Crippen LogP contribution in [0.3, 0.4) is 0 Å². The van der Waals surface area contributed by atoms with Crippen LogP contribution in [0.25, 0.3) is 0 Å². The summed E-state index contributed by atoms with van der Waals surface area (Å²) in [4.78, 5) is 12.4. The predicted molar refractivity (Wildman–Crippen MR) is 84.7 cm³/mol. The van der Waals surface area contributed by atoms with Crippen LogP contribution in [0.5, 0.6) is 0 Å². The van der Waals surface area contributed by atoms with E-state index in [1.54, 1.807) is 18.2 Å². The van der Waals surface area contributed by atoms with Crippen LogP contribution in [0, 0.1) is 0 Å². The Hall–Kier alpha value is -2.30. The van der Waals surface area contributed by atoms with Gasteiger partial charge in [-0.2, -0.15) is 13.2 Å². The zero-order chi connectivity index (χ0) is 16.9. The van der Waals surface area contributed by atoms with Crippen LogP contribution in [-0.4, -0.2) is 12.3 Å². The molecular weight excluding hydrogens is 303 g/mol. The molecule has 2 aromatic rings. The number of ketones is 1. The van der Waals surface area contributed by atoms with E-state index in [1.807, 2.05) is 13.0 Å². The van der Waals surface area contributed by atoms with Crippen LogP contribution >= 0.6 is 0 Å². The van der Waals surface area contributed by atoms with Gasteiger partial charge in [0.25, 0.3) is 0 Å². The van der Waals surface area contributed by atoms with E-state index in [1.165, 1.54) is 12.1 Å². The molecule has 0 radical (unpaired) electrons. The highest BCUT2D eigenvalue weighted by atomic mass is 19.4. The van der Waals surface area contributed by atoms with E-state index >= 15 is 0 Å². The normalized spacial score (nSPS) is 11.3. The average Bonchev–Trinajstić information content (AvgIpc) is 2.52. The number of alkyl halides is 3. The summed E-state index contributed by atoms with van der Waals surface area (Å²) in [5, 5.41) is 3.16. The van der Waals surface area contributed by atoms with Gasteiger partial charge >= 0.3 is 6.18 Å². The molecule has 0 saturated heterocycles. The summed E-state index contributed by atoms with van der Waals surface area (Å²) < 4.78 is 38.2. The third kappa shape index (κ3) is 4.58. The first-order valence-corrected chi connectivity index (χ1v) is 7.44. The summed E-state index contributed by atoms with van der Waals surface area (Å²) in [6.45, 7) is 2.74. The molecular formula is C18H18F3NO. The molecule has 2 aromatic carbocycles. The van der Waals surface area contributed by atoms with E-state index in [0.29, 0.717) is 16.8 Å². The summed E-state index contributed by atoms with van der Waals surface area (Å²) in [5.74, 6) is -0.205. The van der Waals surface area contributed by atoms with Crippen molar-refractivity contribution >= 4 is 11.5 Å². The van der Waals surface area contributed by atoms with Crippen molar-refractivity contribution < 1.29 is 18.0 Å². The average molecular weight is 321 g/mol. The third-order valence-corrected chi connectivity index (χ3v) is 3.41. The minimum atomic E-state index is -4.40. The van der Waals surface area contributed by atoms with Crippen molar-refractivity contribution in [1.29, 1.82) is 0 Å². The monoisotopic (exact) mass is 321 g/mol. The maximum absolute atomic E-state index is 12.7. The second-order valence-corrected chi connectivity index (χ2v) is 5.27. The topological polar surface area (TPSA) is 29.1 Å². The zero-order valence-corrected chi connectivity index (χ0v) is 12.8. The number of nitrogens with one attached hydrogen (secondary N) is 1. The van der Waals surface area contributed by atoms with Gasteiger partial charge in [0, 0.05) is 24.2 Å². The summed E-state index contributed by atoms with van der Waals surface area (Å²) in [7, 11) is 0. The highest BCUT2D eigenvalue weighted by Crippen LogP contribution is 2.30. The number of hydrogen-bond donors (Lipinski definition) is 1. The lowest BCUT2D eigenvalue weighted by atomic mass is 10.00. The van der Waals surface area contributed by atoms with Gasteiger partial charge in [-0.05, 0) is 30.2 Å². The minimum Gasteiger partial charge on any atom is -0.384 e. The Morgan fingerprint density at radius 3 is 2.52 bits per heavy atom. The Morgan fingerprint density at radius 1 is 1.09 bits per heavy atom. The molecule has 0 aliphatic heterocycles. The first-order chi connectivity index (χ1) is 10.9. The third-order valence-electron chi connectivity index (χ3n) is 3.41. The highest BCUT2D eigenvalue weighted by molar-refractivity contribution is 6.02. The second kappa shape index (κ2) is 7.31. The number of Topliss-reactive ketones (excluding diaryl/α,β-unsaturated/α-hetero) is 1. The van der Waals surface area contributed by atoms with Gasteiger partial charge in [0.15, 0.2) is 5.78 Å². The SMILES string of the molecule is CCCNc1ccccc1C(=O)Cc1cccc(C(F)(F)F)c1. The van der Waals surface area contributed by atoms with Gasteiger partial charge in [-0.3, -0.25) is 4.79 Å². The molecule has 0 spiro atoms. The van der Waals surface area contributed by atoms with Crippen molar-refractivity contribution in [2.24, 2.45) is 0 Å². The van der Waals surface area contributed by atoms with E-state index in [2.05, 4.69) is 5.32 Å². The van der Waals surface area contributed by atoms with E-state index in [0.717, 1.165) is 25.1 Å². The molecule has 0 fully saturated rings. The van der Waals surface area contributed by atoms with Gasteiger partial charge in [0.05, 0.1) is 5.56 Å². The molecule has 0 amide bonds. The summed E-state index contributed by atoms with van der Waals surface area (Å²) in [6.07, 6.45) is -3.55. The van der Waals surface area contributed by atoms with E-state index in [9.17, 15) is 18.0 Å². The number of para-hydroxylation sites is 1. The fraction of sp³-hybridized carbons (Fsp3) is 0.278. The number of hydrogen-bond acceptors (Lipinski definition) is 2. The minimum absolute atomic E-state index is 0.0608. The summed E-state index contributed by atoms with van der Waals surface area (Å²) in [5.41, 5.74) is 0.833. The number of carbonyl (C=O) groups excluding carboxylic acids is 1. The first kappa shape index (κ1) is 17.1. The van der Waals surface area contributed by atoms with Crippen molar-refractivity contribution in [3.63, 3.8) is 0 Å². The number of halogens is 3. The smallest absolute Gasteiger partial charge is 0.384 e. The second-order valence-electron chi connectivity index (χ2n) is 5.27. The van der Waals surface area contributed by atoms with Crippen molar-refractivity contribution in [2.45, 2.75) is 25.9 Å². The largest absolute Gasteiger partial charge is 0.416 e. The van der Waals surface area contributed by atoms with Crippen molar-refractivity contribution in [3.05, 3.63) is 65.2 Å². The van der Waals surface area contributed by atoms with Crippen LogP contribution in [-0.2, 0) is 12.6 Å². The number of rotatable bonds is 6. The first-order valence-electron chi connectivity index (χ1n) is 7.44. The number of benzene rings is 2. The maximum atomic E-state index is 12.7. The number of anilines is 1. The molecule has 0 bridgehead atoms. The number of carbonyl (C=O) groups is 1. The van der Waals surface area contributed by atoms with Crippen molar-refractivity contribution in [2.75, 3.05) is 11.9 Å². The summed E-state index contributed by atoms with van der Waals surface area (Å²) in [6, 6.07) is 11.9. The van der Waals surface area contributed by atoms with Gasteiger partial charge in [-0.1, -0.05) is 37.3 Å². The molecule has 5 heteroatoms. The van der Waals surface area contributed by atoms with E-state index in [4.69, 9.17) is 0 Å². The molecule has 0 heterocycles. The van der Waals surface area contributed by atoms with E-state index < -0.39 is 11.7 Å². The van der Waals surface area contributed by atoms with Gasteiger partial charge in [-0.15, -0.1) is 0 Å². The molecule has 0 atom stereocenters. The summed E-state index contributed by atoms with van der Waals surface area (Å²) >= 11 is 0. The maximum Gasteiger partial charge on any atom is 0.416 e. The van der Waals surface area contributed by atoms with Crippen LogP contribution in [0.2, 0.25) is 0 Å². The Morgan fingerprint density at radius 2 is 1.83 bits per heavy atom. The standard InChI is InChI=1S/C18H18F3NO/c1-2-10-22-16-9-4-3-8-15(16)17(23)12-13-6-5-7-14(11-13)18(19,20)21/h3-9,11,22H,2,10,12H2,1H3. The quantitative estimate of drug-likeness (QED) is 0.763. The molecule has 0 aromatic heterocycles. The lowest BCUT2D eigenvalue weighted by Gasteiger charge is -2.11. The van der Waals surface area contributed by atoms with Crippen LogP contribution in [0.1, 0.15) is 34.8 Å². The van der Waals surface area contributed by atoms with Gasteiger partial charge < -0.3 is 5.32 Å². The fourth-order valence-electron chi connectivity index (χ4n) is 2.28. The molecule has 23 heavy (non-hydrogen) atoms. The highest BCUT2D eigenvalue weighted by Gasteiger charge is 2.30. The van der Waals surface area contributed by atoms with Gasteiger partial charge in [0.2, 0.25) is 0 Å². The van der Waals surface area contributed by atoms with Crippen molar-refractivity contribution in [3.8, 4) is 0 Å². The Bertz CT molecular complexity index is 680. The molecule has 0 aliphatic rings. The van der Waals surface area contributed by atoms with Crippen LogP contribution in [0.4, 0.5) is 18.9 Å². The van der Waals surface area contributed by atoms with Crippen molar-refractivity contribution in [1.82, 2.24) is 0 Å². The fourth-order valence-corrected chi connectivity index (χ4v) is 2.28. The molecule has 0 aliphatic carbocycles. The Balaban J connectivity index is 2.20. The molecule has 1 N–H and O–H groups in total. The molecule has 0 saturated carbocycles. The molecule has 2 rings (SSSR count). The van der Waals surface area contributed by atoms with E-state index in [-0.39, 0.29) is 12.2 Å². The molecule has 0 unspecified atom stereocenters. The zero-order valence-electron chi connectivity index (χ0n) is 12.8. The van der Waals surface area contributed by atoms with Crippen LogP contribution in [0.15, 0.2) is 48.5 Å². The molecule has 2 nitrogen and oxygen atoms in total. The lowest BCUT2D eigenvalue weighted by molar-refractivity contribution is -0.137. The van der Waals surface area contributed by atoms with Crippen LogP contribution < -0.4 is 5.32 Å². The Kier molecular flexibility index (Phi) is 5.42. The predicted octanol–water partition coefficient (Wildman–Crippen LogP) is 4.95. The van der Waals surface area contributed by atoms with Gasteiger partial charge in [0.1, 0.15) is 0 Å².